The first-order valence-corrected chi connectivity index (χ1v) is 5.54. The van der Waals surface area contributed by atoms with E-state index in [1.165, 1.54) is 0 Å². The SMILES string of the molecule is O=C[C@H](O)[C@@H](O)[C@H](O)[C@H](O)COP(=O)([O-])O.[K+]. The van der Waals surface area contributed by atoms with Crippen molar-refractivity contribution in [3.8, 4) is 0 Å². The second-order valence-electron chi connectivity index (χ2n) is 2.94. The van der Waals surface area contributed by atoms with E-state index >= 15 is 0 Å². The third kappa shape index (κ3) is 8.89. The van der Waals surface area contributed by atoms with Crippen LogP contribution in [0.1, 0.15) is 0 Å². The van der Waals surface area contributed by atoms with Gasteiger partial charge in [0.2, 0.25) is 0 Å². The Balaban J connectivity index is 0. The molecule has 1 unspecified atom stereocenters. The van der Waals surface area contributed by atoms with Gasteiger partial charge in [-0.05, 0) is 0 Å². The maximum Gasteiger partial charge on any atom is 1.00 e. The van der Waals surface area contributed by atoms with Gasteiger partial charge in [-0.1, -0.05) is 0 Å². The van der Waals surface area contributed by atoms with Gasteiger partial charge in [-0.2, -0.15) is 0 Å². The molecule has 0 spiro atoms. The summed E-state index contributed by atoms with van der Waals surface area (Å²) in [4.78, 5) is 28.3. The molecule has 0 aromatic heterocycles. The summed E-state index contributed by atoms with van der Waals surface area (Å²) in [6.07, 6.45) is -7.92. The van der Waals surface area contributed by atoms with E-state index in [-0.39, 0.29) is 57.7 Å². The van der Waals surface area contributed by atoms with E-state index in [1.807, 2.05) is 0 Å². The Labute approximate surface area is 139 Å². The van der Waals surface area contributed by atoms with E-state index < -0.39 is 38.8 Å². The number of hydrogen-bond donors (Lipinski definition) is 5. The predicted molar refractivity (Wildman–Crippen MR) is 45.9 cm³/mol. The third-order valence-corrected chi connectivity index (χ3v) is 2.12. The van der Waals surface area contributed by atoms with Crippen LogP contribution in [-0.4, -0.2) is 62.6 Å². The van der Waals surface area contributed by atoms with Crippen LogP contribution in [0, 0.1) is 0 Å². The van der Waals surface area contributed by atoms with Gasteiger partial charge in [0.15, 0.2) is 6.29 Å². The first kappa shape index (κ1) is 20.6. The molecule has 5 atom stereocenters. The van der Waals surface area contributed by atoms with Gasteiger partial charge in [0, 0.05) is 0 Å². The average Bonchev–Trinajstić information content (AvgIpc) is 2.21. The van der Waals surface area contributed by atoms with Crippen molar-refractivity contribution >= 4 is 14.1 Å². The molecule has 5 N–H and O–H groups in total. The van der Waals surface area contributed by atoms with E-state index in [2.05, 4.69) is 4.52 Å². The van der Waals surface area contributed by atoms with Crippen LogP contribution in [0.2, 0.25) is 0 Å². The zero-order chi connectivity index (χ0) is 12.9. The Kier molecular flexibility index (Phi) is 11.1. The van der Waals surface area contributed by atoms with Crippen molar-refractivity contribution in [2.24, 2.45) is 0 Å². The van der Waals surface area contributed by atoms with Crippen molar-refractivity contribution in [2.75, 3.05) is 6.61 Å². The maximum atomic E-state index is 10.1. The summed E-state index contributed by atoms with van der Waals surface area (Å²) in [5, 5.41) is 36.0. The van der Waals surface area contributed by atoms with Crippen LogP contribution < -0.4 is 56.3 Å². The molecular weight excluding hydrogens is 286 g/mol. The molecule has 0 aliphatic heterocycles. The molecule has 0 heterocycles. The maximum absolute atomic E-state index is 10.1. The summed E-state index contributed by atoms with van der Waals surface area (Å²) in [7, 11) is -5.05. The molecule has 0 radical (unpaired) electrons. The molecule has 96 valence electrons. The van der Waals surface area contributed by atoms with Gasteiger partial charge >= 0.3 is 51.4 Å². The molecule has 0 bridgehead atoms. The quantitative estimate of drug-likeness (QED) is 0.174. The van der Waals surface area contributed by atoms with Crippen LogP contribution in [0.25, 0.3) is 0 Å². The Morgan fingerprint density at radius 3 is 2.06 bits per heavy atom. The summed E-state index contributed by atoms with van der Waals surface area (Å²) in [5.74, 6) is 0. The zero-order valence-electron chi connectivity index (χ0n) is 8.91. The predicted octanol–water partition coefficient (Wildman–Crippen LogP) is -6.89. The van der Waals surface area contributed by atoms with Gasteiger partial charge in [-0.25, -0.2) is 0 Å². The summed E-state index contributed by atoms with van der Waals surface area (Å²) < 4.78 is 13.9. The van der Waals surface area contributed by atoms with Crippen molar-refractivity contribution in [1.29, 1.82) is 0 Å². The molecule has 0 aromatic rings. The number of phosphoric ester groups is 1. The molecule has 0 amide bonds. The van der Waals surface area contributed by atoms with Crippen LogP contribution >= 0.6 is 7.82 Å². The van der Waals surface area contributed by atoms with E-state index in [0.717, 1.165) is 0 Å². The number of hydrogen-bond acceptors (Lipinski definition) is 8. The Morgan fingerprint density at radius 1 is 1.24 bits per heavy atom. The van der Waals surface area contributed by atoms with Crippen molar-refractivity contribution in [1.82, 2.24) is 0 Å². The number of aliphatic hydroxyl groups is 4. The molecule has 17 heavy (non-hydrogen) atoms. The fourth-order valence-corrected chi connectivity index (χ4v) is 1.12. The molecule has 0 saturated carbocycles. The molecule has 0 aliphatic rings. The third-order valence-electron chi connectivity index (χ3n) is 1.64. The molecule has 0 fully saturated rings. The summed E-state index contributed by atoms with van der Waals surface area (Å²) in [5.41, 5.74) is 0. The average molecular weight is 298 g/mol. The monoisotopic (exact) mass is 298 g/mol. The van der Waals surface area contributed by atoms with Crippen molar-refractivity contribution in [3.63, 3.8) is 0 Å². The fourth-order valence-electron chi connectivity index (χ4n) is 0.779. The van der Waals surface area contributed by atoms with Crippen molar-refractivity contribution in [2.45, 2.75) is 24.4 Å². The molecule has 0 aliphatic carbocycles. The Hall–Kier alpha value is 1.26. The number of carbonyl (C=O) groups is 1. The summed E-state index contributed by atoms with van der Waals surface area (Å²) in [6, 6.07) is 0. The zero-order valence-corrected chi connectivity index (χ0v) is 12.9. The number of rotatable bonds is 7. The van der Waals surface area contributed by atoms with E-state index in [0.29, 0.717) is 0 Å². The van der Waals surface area contributed by atoms with Gasteiger partial charge in [0.05, 0.1) is 6.61 Å². The largest absolute Gasteiger partial charge is 1.00 e. The Bertz CT molecular complexity index is 268. The topological polar surface area (TPSA) is 168 Å². The van der Waals surface area contributed by atoms with Crippen LogP contribution in [-0.2, 0) is 13.9 Å². The van der Waals surface area contributed by atoms with E-state index in [9.17, 15) is 14.3 Å². The van der Waals surface area contributed by atoms with Gasteiger partial charge in [0.1, 0.15) is 24.4 Å². The number of aliphatic hydroxyl groups excluding tert-OH is 4. The van der Waals surface area contributed by atoms with Crippen LogP contribution in [0.5, 0.6) is 0 Å². The second-order valence-corrected chi connectivity index (χ2v) is 4.13. The minimum atomic E-state index is -5.05. The van der Waals surface area contributed by atoms with E-state index in [4.69, 9.17) is 25.3 Å². The van der Waals surface area contributed by atoms with Crippen molar-refractivity contribution in [3.05, 3.63) is 0 Å². The molecule has 9 nitrogen and oxygen atoms in total. The number of aldehydes is 1. The Morgan fingerprint density at radius 2 is 1.71 bits per heavy atom. The van der Waals surface area contributed by atoms with Gasteiger partial charge < -0.3 is 39.5 Å². The minimum Gasteiger partial charge on any atom is -0.756 e. The summed E-state index contributed by atoms with van der Waals surface area (Å²) in [6.45, 7) is -1.03. The van der Waals surface area contributed by atoms with Crippen molar-refractivity contribution < 1.29 is 95.5 Å². The molecule has 0 saturated heterocycles. The molecule has 0 rings (SSSR count). The molecule has 11 heteroatoms. The van der Waals surface area contributed by atoms with Gasteiger partial charge in [0.25, 0.3) is 7.82 Å². The number of carbonyl (C=O) groups excluding carboxylic acids is 1. The molecule has 0 aromatic carbocycles. The number of phosphoric acid groups is 1. The molecular formula is C6H12KO9P. The minimum absolute atomic E-state index is 0. The van der Waals surface area contributed by atoms with Gasteiger partial charge in [-0.15, -0.1) is 0 Å². The van der Waals surface area contributed by atoms with E-state index in [1.54, 1.807) is 0 Å². The van der Waals surface area contributed by atoms with Crippen LogP contribution in [0.15, 0.2) is 0 Å². The van der Waals surface area contributed by atoms with Crippen LogP contribution in [0.3, 0.4) is 0 Å². The standard InChI is InChI=1S/C6H13O9P.K/c7-1-3(8)5(10)6(11)4(9)2-15-16(12,13)14;/h1,3-6,8-11H,2H2,(H2,12,13,14);/q;+1/p-1/t3-,4+,5+,6+;/m0./s1. The smallest absolute Gasteiger partial charge is 0.756 e. The fraction of sp³-hybridized carbons (Fsp3) is 0.833. The normalized spacial score (nSPS) is 21.5. The van der Waals surface area contributed by atoms with Crippen LogP contribution in [0.4, 0.5) is 0 Å². The van der Waals surface area contributed by atoms with Gasteiger partial charge in [-0.3, -0.25) is 4.57 Å². The summed E-state index contributed by atoms with van der Waals surface area (Å²) >= 11 is 0. The first-order valence-electron chi connectivity index (χ1n) is 4.05. The first-order chi connectivity index (χ1) is 7.19. The second kappa shape index (κ2) is 9.21.